The van der Waals surface area contributed by atoms with Crippen molar-refractivity contribution in [3.05, 3.63) is 39.0 Å². The molecule has 4 heterocycles. The van der Waals surface area contributed by atoms with Gasteiger partial charge in [-0.3, -0.25) is 9.59 Å². The number of carbonyl (C=O) groups excluding carboxylic acids is 1. The molecule has 2 aromatic rings. The van der Waals surface area contributed by atoms with Crippen molar-refractivity contribution in [2.75, 3.05) is 37.7 Å². The molecule has 166 valence electrons. The van der Waals surface area contributed by atoms with Crippen LogP contribution in [0.1, 0.15) is 19.3 Å². The Morgan fingerprint density at radius 3 is 2.58 bits per heavy atom. The Hall–Kier alpha value is -2.43. The molecule has 2 atom stereocenters. The standard InChI is InChI=1S/C19H22Cl2N6O4/c20-12-8-22-19(23-9-12)27-5-3-26(4-6-27)16(28)7-13-1-2-14(31-13)11-30-15-10-24-25-18(29)17(15)21/h8-10,13-14H,1-7,11H2,(H,25,29)/t13-,14+/m1/s1. The Morgan fingerprint density at radius 1 is 1.13 bits per heavy atom. The van der Waals surface area contributed by atoms with E-state index in [4.69, 9.17) is 32.7 Å². The number of carbonyl (C=O) groups is 1. The van der Waals surface area contributed by atoms with Gasteiger partial charge in [0.25, 0.3) is 5.56 Å². The molecule has 12 heteroatoms. The lowest BCUT2D eigenvalue weighted by molar-refractivity contribution is -0.134. The molecular formula is C19H22Cl2N6O4. The molecule has 0 spiro atoms. The van der Waals surface area contributed by atoms with E-state index in [1.807, 2.05) is 9.80 Å². The third kappa shape index (κ3) is 5.44. The SMILES string of the molecule is O=C(C[C@H]1CC[C@@H](COc2cn[nH]c(=O)c2Cl)O1)N1CCN(c2ncc(Cl)cn2)CC1. The Morgan fingerprint density at radius 2 is 1.84 bits per heavy atom. The van der Waals surface area contributed by atoms with Crippen LogP contribution in [0.15, 0.2) is 23.4 Å². The van der Waals surface area contributed by atoms with E-state index >= 15 is 0 Å². The topological polar surface area (TPSA) is 114 Å². The first-order valence-corrected chi connectivity index (χ1v) is 10.8. The molecule has 0 aromatic carbocycles. The van der Waals surface area contributed by atoms with Crippen LogP contribution < -0.4 is 15.2 Å². The monoisotopic (exact) mass is 468 g/mol. The van der Waals surface area contributed by atoms with E-state index in [0.29, 0.717) is 43.6 Å². The Balaban J connectivity index is 1.20. The highest BCUT2D eigenvalue weighted by Gasteiger charge is 2.30. The molecule has 2 aromatic heterocycles. The van der Waals surface area contributed by atoms with Crippen LogP contribution in [0.5, 0.6) is 5.75 Å². The highest BCUT2D eigenvalue weighted by atomic mass is 35.5. The second-order valence-electron chi connectivity index (χ2n) is 7.42. The van der Waals surface area contributed by atoms with Gasteiger partial charge >= 0.3 is 0 Å². The molecule has 31 heavy (non-hydrogen) atoms. The van der Waals surface area contributed by atoms with Gasteiger partial charge in [0.15, 0.2) is 10.8 Å². The highest BCUT2D eigenvalue weighted by molar-refractivity contribution is 6.31. The van der Waals surface area contributed by atoms with Gasteiger partial charge in [0.1, 0.15) is 6.61 Å². The maximum absolute atomic E-state index is 12.7. The van der Waals surface area contributed by atoms with Crippen molar-refractivity contribution in [3.63, 3.8) is 0 Å². The number of piperazine rings is 1. The third-order valence-corrected chi connectivity index (χ3v) is 5.86. The lowest BCUT2D eigenvalue weighted by Gasteiger charge is -2.35. The Kier molecular flexibility index (Phi) is 6.89. The number of anilines is 1. The molecule has 2 saturated heterocycles. The van der Waals surface area contributed by atoms with Crippen molar-refractivity contribution in [1.82, 2.24) is 25.1 Å². The first-order valence-electron chi connectivity index (χ1n) is 10.0. The van der Waals surface area contributed by atoms with E-state index in [-0.39, 0.29) is 35.5 Å². The second-order valence-corrected chi connectivity index (χ2v) is 8.23. The molecule has 10 nitrogen and oxygen atoms in total. The first-order chi connectivity index (χ1) is 15.0. The minimum Gasteiger partial charge on any atom is -0.487 e. The second kappa shape index (κ2) is 9.80. The van der Waals surface area contributed by atoms with Crippen LogP contribution in [-0.4, -0.2) is 76.0 Å². The fraction of sp³-hybridized carbons (Fsp3) is 0.526. The largest absolute Gasteiger partial charge is 0.487 e. The summed E-state index contributed by atoms with van der Waals surface area (Å²) >= 11 is 11.7. The zero-order valence-corrected chi connectivity index (χ0v) is 18.2. The summed E-state index contributed by atoms with van der Waals surface area (Å²) in [4.78, 5) is 36.5. The summed E-state index contributed by atoms with van der Waals surface area (Å²) in [6, 6.07) is 0. The number of hydrogen-bond acceptors (Lipinski definition) is 8. The number of amides is 1. The van der Waals surface area contributed by atoms with E-state index in [1.54, 1.807) is 12.4 Å². The quantitative estimate of drug-likeness (QED) is 0.678. The molecule has 2 aliphatic rings. The van der Waals surface area contributed by atoms with Gasteiger partial charge in [-0.25, -0.2) is 15.1 Å². The fourth-order valence-electron chi connectivity index (χ4n) is 3.65. The van der Waals surface area contributed by atoms with Gasteiger partial charge in [-0.05, 0) is 12.8 Å². The Labute approximate surface area is 188 Å². The molecule has 2 fully saturated rings. The molecule has 0 saturated carbocycles. The number of aromatic amines is 1. The van der Waals surface area contributed by atoms with Gasteiger partial charge in [0.2, 0.25) is 11.9 Å². The van der Waals surface area contributed by atoms with E-state index in [1.165, 1.54) is 6.20 Å². The van der Waals surface area contributed by atoms with Gasteiger partial charge in [0, 0.05) is 26.2 Å². The van der Waals surface area contributed by atoms with Crippen LogP contribution in [0.3, 0.4) is 0 Å². The molecule has 0 bridgehead atoms. The number of hydrogen-bond donors (Lipinski definition) is 1. The van der Waals surface area contributed by atoms with Crippen LogP contribution in [0, 0.1) is 0 Å². The van der Waals surface area contributed by atoms with Crippen molar-refractivity contribution in [2.24, 2.45) is 0 Å². The lowest BCUT2D eigenvalue weighted by Crippen LogP contribution is -2.49. The van der Waals surface area contributed by atoms with Crippen LogP contribution in [0.25, 0.3) is 0 Å². The normalized spacial score (nSPS) is 21.4. The molecule has 0 radical (unpaired) electrons. The average molecular weight is 469 g/mol. The zero-order chi connectivity index (χ0) is 21.8. The van der Waals surface area contributed by atoms with Crippen LogP contribution in [0.4, 0.5) is 5.95 Å². The summed E-state index contributed by atoms with van der Waals surface area (Å²) < 4.78 is 11.5. The van der Waals surface area contributed by atoms with Gasteiger partial charge in [-0.2, -0.15) is 5.10 Å². The van der Waals surface area contributed by atoms with Gasteiger partial charge in [0.05, 0.1) is 42.2 Å². The number of rotatable bonds is 6. The lowest BCUT2D eigenvalue weighted by atomic mass is 10.1. The summed E-state index contributed by atoms with van der Waals surface area (Å²) in [5, 5.41) is 6.36. The summed E-state index contributed by atoms with van der Waals surface area (Å²) in [7, 11) is 0. The number of halogens is 2. The molecule has 1 N–H and O–H groups in total. The summed E-state index contributed by atoms with van der Waals surface area (Å²) in [5.74, 6) is 0.912. The van der Waals surface area contributed by atoms with E-state index in [9.17, 15) is 9.59 Å². The van der Waals surface area contributed by atoms with Gasteiger partial charge in [-0.15, -0.1) is 0 Å². The zero-order valence-electron chi connectivity index (χ0n) is 16.7. The molecule has 2 aliphatic heterocycles. The minimum atomic E-state index is -0.502. The summed E-state index contributed by atoms with van der Waals surface area (Å²) in [5.41, 5.74) is -0.502. The number of nitrogens with zero attached hydrogens (tertiary/aromatic N) is 5. The number of H-pyrrole nitrogens is 1. The fourth-order valence-corrected chi connectivity index (χ4v) is 3.90. The van der Waals surface area contributed by atoms with E-state index in [0.717, 1.165) is 12.8 Å². The number of aromatic nitrogens is 4. The molecule has 0 unspecified atom stereocenters. The minimum absolute atomic E-state index is 0.0390. The maximum Gasteiger partial charge on any atom is 0.286 e. The summed E-state index contributed by atoms with van der Waals surface area (Å²) in [6.45, 7) is 2.80. The number of nitrogens with one attached hydrogen (secondary N) is 1. The smallest absolute Gasteiger partial charge is 0.286 e. The molecule has 1 amide bonds. The predicted octanol–water partition coefficient (Wildman–Crippen LogP) is 1.53. The summed E-state index contributed by atoms with van der Waals surface area (Å²) in [6.07, 6.45) is 6.07. The van der Waals surface area contributed by atoms with Crippen molar-refractivity contribution in [2.45, 2.75) is 31.5 Å². The van der Waals surface area contributed by atoms with Crippen LogP contribution >= 0.6 is 23.2 Å². The van der Waals surface area contributed by atoms with Crippen molar-refractivity contribution >= 4 is 35.1 Å². The average Bonchev–Trinajstić information content (AvgIpc) is 3.22. The van der Waals surface area contributed by atoms with Crippen molar-refractivity contribution in [3.8, 4) is 5.75 Å². The van der Waals surface area contributed by atoms with Crippen LogP contribution in [-0.2, 0) is 9.53 Å². The van der Waals surface area contributed by atoms with Crippen molar-refractivity contribution < 1.29 is 14.3 Å². The Bertz CT molecular complexity index is 965. The van der Waals surface area contributed by atoms with Crippen LogP contribution in [0.2, 0.25) is 10.0 Å². The first kappa shape index (κ1) is 21.8. The number of ether oxygens (including phenoxy) is 2. The van der Waals surface area contributed by atoms with E-state index in [2.05, 4.69) is 20.2 Å². The van der Waals surface area contributed by atoms with Crippen molar-refractivity contribution in [1.29, 1.82) is 0 Å². The molecule has 0 aliphatic carbocycles. The molecule has 4 rings (SSSR count). The highest BCUT2D eigenvalue weighted by Crippen LogP contribution is 2.25. The maximum atomic E-state index is 12.7. The molecular weight excluding hydrogens is 447 g/mol. The third-order valence-electron chi connectivity index (χ3n) is 5.31. The van der Waals surface area contributed by atoms with Gasteiger partial charge in [-0.1, -0.05) is 23.2 Å². The van der Waals surface area contributed by atoms with Gasteiger partial charge < -0.3 is 19.3 Å². The predicted molar refractivity (Wildman–Crippen MR) is 114 cm³/mol. The van der Waals surface area contributed by atoms with E-state index < -0.39 is 5.56 Å².